The lowest BCUT2D eigenvalue weighted by Gasteiger charge is -2.41. The van der Waals surface area contributed by atoms with Gasteiger partial charge < -0.3 is 20.1 Å². The molecule has 0 aromatic heterocycles. The summed E-state index contributed by atoms with van der Waals surface area (Å²) in [5.74, 6) is 0.818. The second-order valence-corrected chi connectivity index (χ2v) is 6.94. The molecule has 0 saturated carbocycles. The van der Waals surface area contributed by atoms with Crippen LogP contribution in [-0.2, 0) is 22.6 Å². The number of nitrogens with one attached hydrogen (secondary N) is 2. The van der Waals surface area contributed by atoms with Gasteiger partial charge in [0.2, 0.25) is 0 Å². The highest BCUT2D eigenvalue weighted by Crippen LogP contribution is 2.15. The van der Waals surface area contributed by atoms with Gasteiger partial charge in [0.15, 0.2) is 5.96 Å². The van der Waals surface area contributed by atoms with Gasteiger partial charge in [0, 0.05) is 45.9 Å². The van der Waals surface area contributed by atoms with E-state index in [9.17, 15) is 0 Å². The minimum absolute atomic E-state index is 0. The first kappa shape index (κ1) is 23.1. The van der Waals surface area contributed by atoms with Crippen molar-refractivity contribution in [3.05, 3.63) is 35.4 Å². The third-order valence-corrected chi connectivity index (χ3v) is 4.54. The highest BCUT2D eigenvalue weighted by atomic mass is 127. The van der Waals surface area contributed by atoms with E-state index in [0.717, 1.165) is 45.4 Å². The van der Waals surface area contributed by atoms with Crippen LogP contribution in [0.25, 0.3) is 0 Å². The van der Waals surface area contributed by atoms with Crippen LogP contribution >= 0.6 is 24.0 Å². The number of hydrogen-bond donors (Lipinski definition) is 2. The number of rotatable bonds is 7. The second kappa shape index (κ2) is 11.7. The van der Waals surface area contributed by atoms with Gasteiger partial charge in [0.1, 0.15) is 0 Å². The predicted octanol–water partition coefficient (Wildman–Crippen LogP) is 2.23. The van der Waals surface area contributed by atoms with Crippen LogP contribution in [0.3, 0.4) is 0 Å². The number of ether oxygens (including phenoxy) is 2. The van der Waals surface area contributed by atoms with Crippen molar-refractivity contribution >= 4 is 29.9 Å². The summed E-state index contributed by atoms with van der Waals surface area (Å²) in [5, 5.41) is 6.83. The van der Waals surface area contributed by atoms with Crippen LogP contribution in [-0.4, -0.2) is 63.4 Å². The molecule has 2 N–H and O–H groups in total. The lowest BCUT2D eigenvalue weighted by atomic mass is 10.0. The van der Waals surface area contributed by atoms with E-state index in [1.165, 1.54) is 11.1 Å². The van der Waals surface area contributed by atoms with E-state index < -0.39 is 0 Å². The van der Waals surface area contributed by atoms with E-state index >= 15 is 0 Å². The van der Waals surface area contributed by atoms with Crippen molar-refractivity contribution in [3.63, 3.8) is 0 Å². The summed E-state index contributed by atoms with van der Waals surface area (Å²) < 4.78 is 10.6. The molecule has 6 nitrogen and oxygen atoms in total. The van der Waals surface area contributed by atoms with Crippen molar-refractivity contribution in [2.24, 2.45) is 4.99 Å². The third kappa shape index (κ3) is 7.38. The van der Waals surface area contributed by atoms with Crippen molar-refractivity contribution in [1.82, 2.24) is 15.5 Å². The normalized spacial score (nSPS) is 16.1. The zero-order valence-electron chi connectivity index (χ0n) is 16.4. The van der Waals surface area contributed by atoms with E-state index in [1.54, 1.807) is 14.2 Å². The zero-order valence-corrected chi connectivity index (χ0v) is 18.7. The van der Waals surface area contributed by atoms with Crippen LogP contribution in [0.1, 0.15) is 25.0 Å². The second-order valence-electron chi connectivity index (χ2n) is 6.94. The third-order valence-electron chi connectivity index (χ3n) is 4.54. The summed E-state index contributed by atoms with van der Waals surface area (Å²) in [7, 11) is 3.52. The molecule has 0 spiro atoms. The van der Waals surface area contributed by atoms with Crippen molar-refractivity contribution in [1.29, 1.82) is 0 Å². The molecule has 2 rings (SSSR count). The molecule has 1 aromatic rings. The van der Waals surface area contributed by atoms with Crippen LogP contribution in [0.5, 0.6) is 0 Å². The Morgan fingerprint density at radius 2 is 1.92 bits per heavy atom. The fourth-order valence-electron chi connectivity index (χ4n) is 2.98. The molecule has 1 aliphatic heterocycles. The van der Waals surface area contributed by atoms with Crippen LogP contribution in [0.15, 0.2) is 29.3 Å². The highest BCUT2D eigenvalue weighted by molar-refractivity contribution is 14.0. The lowest BCUT2D eigenvalue weighted by Crippen LogP contribution is -2.56. The van der Waals surface area contributed by atoms with Crippen LogP contribution in [0.2, 0.25) is 0 Å². The van der Waals surface area contributed by atoms with E-state index in [1.807, 2.05) is 0 Å². The van der Waals surface area contributed by atoms with E-state index in [-0.39, 0.29) is 29.5 Å². The molecule has 7 heteroatoms. The minimum atomic E-state index is 0. The first-order valence-corrected chi connectivity index (χ1v) is 8.89. The molecule has 148 valence electrons. The molecule has 1 aliphatic rings. The molecule has 1 fully saturated rings. The number of methoxy groups -OCH3 is 1. The van der Waals surface area contributed by atoms with Gasteiger partial charge >= 0.3 is 0 Å². The molecule has 26 heavy (non-hydrogen) atoms. The van der Waals surface area contributed by atoms with Crippen LogP contribution < -0.4 is 10.6 Å². The van der Waals surface area contributed by atoms with Gasteiger partial charge in [-0.15, -0.1) is 24.0 Å². The molecular weight excluding hydrogens is 443 g/mol. The van der Waals surface area contributed by atoms with Gasteiger partial charge in [-0.05, 0) is 25.0 Å². The Hall–Kier alpha value is -0.900. The first-order valence-electron chi connectivity index (χ1n) is 8.89. The maximum atomic E-state index is 5.45. The van der Waals surface area contributed by atoms with Crippen LogP contribution in [0, 0.1) is 0 Å². The maximum absolute atomic E-state index is 5.45. The summed E-state index contributed by atoms with van der Waals surface area (Å²) in [6, 6.07) is 8.40. The Morgan fingerprint density at radius 1 is 1.23 bits per heavy atom. The van der Waals surface area contributed by atoms with Crippen LogP contribution in [0.4, 0.5) is 0 Å². The van der Waals surface area contributed by atoms with Crippen molar-refractivity contribution in [3.8, 4) is 0 Å². The van der Waals surface area contributed by atoms with Gasteiger partial charge in [-0.25, -0.2) is 0 Å². The Morgan fingerprint density at radius 3 is 2.58 bits per heavy atom. The maximum Gasteiger partial charge on any atom is 0.191 e. The summed E-state index contributed by atoms with van der Waals surface area (Å²) in [6.45, 7) is 10.3. The molecule has 0 bridgehead atoms. The van der Waals surface area contributed by atoms with Crippen molar-refractivity contribution in [2.75, 3.05) is 47.0 Å². The van der Waals surface area contributed by atoms with Crippen molar-refractivity contribution < 1.29 is 9.47 Å². The quantitative estimate of drug-likeness (QED) is 0.359. The summed E-state index contributed by atoms with van der Waals surface area (Å²) in [4.78, 5) is 6.80. The Labute approximate surface area is 174 Å². The number of guanidine groups is 1. The van der Waals surface area contributed by atoms with E-state index in [2.05, 4.69) is 58.6 Å². The SMILES string of the molecule is CN=C(NCc1cccc(COC)c1)NCC(C)(C)N1CCOCC1.I. The van der Waals surface area contributed by atoms with E-state index in [0.29, 0.717) is 6.61 Å². The smallest absolute Gasteiger partial charge is 0.191 e. The molecule has 1 heterocycles. The number of nitrogens with zero attached hydrogens (tertiary/aromatic N) is 2. The monoisotopic (exact) mass is 476 g/mol. The molecule has 0 unspecified atom stereocenters. The Kier molecular flexibility index (Phi) is 10.4. The molecule has 0 radical (unpaired) electrons. The number of halogens is 1. The largest absolute Gasteiger partial charge is 0.380 e. The predicted molar refractivity (Wildman–Crippen MR) is 117 cm³/mol. The standard InChI is InChI=1S/C19H32N4O2.HI/c1-19(2,23-8-10-25-11-9-23)15-22-18(20-3)21-13-16-6-5-7-17(12-16)14-24-4;/h5-7,12H,8-11,13-15H2,1-4H3,(H2,20,21,22);1H. The molecule has 1 aromatic carbocycles. The number of benzene rings is 1. The summed E-state index contributed by atoms with van der Waals surface area (Å²) in [6.07, 6.45) is 0. The first-order chi connectivity index (χ1) is 12.0. The van der Waals surface area contributed by atoms with Crippen molar-refractivity contribution in [2.45, 2.75) is 32.5 Å². The fourth-order valence-corrected chi connectivity index (χ4v) is 2.98. The summed E-state index contributed by atoms with van der Waals surface area (Å²) in [5.41, 5.74) is 2.45. The van der Waals surface area contributed by atoms with Gasteiger partial charge in [0.05, 0.1) is 19.8 Å². The summed E-state index contributed by atoms with van der Waals surface area (Å²) >= 11 is 0. The van der Waals surface area contributed by atoms with Gasteiger partial charge in [-0.1, -0.05) is 24.3 Å². The molecular formula is C19H33IN4O2. The van der Waals surface area contributed by atoms with Gasteiger partial charge in [-0.2, -0.15) is 0 Å². The molecule has 0 aliphatic carbocycles. The Balaban J connectivity index is 0.00000338. The number of hydrogen-bond acceptors (Lipinski definition) is 4. The molecule has 1 saturated heterocycles. The topological polar surface area (TPSA) is 58.1 Å². The Bertz CT molecular complexity index is 560. The zero-order chi connectivity index (χ0) is 18.1. The number of morpholine rings is 1. The number of aliphatic imine (C=N–C) groups is 1. The van der Waals surface area contributed by atoms with Gasteiger partial charge in [0.25, 0.3) is 0 Å². The molecule has 0 atom stereocenters. The average Bonchev–Trinajstić information content (AvgIpc) is 2.63. The minimum Gasteiger partial charge on any atom is -0.380 e. The fraction of sp³-hybridized carbons (Fsp3) is 0.632. The molecule has 0 amide bonds. The van der Waals surface area contributed by atoms with Gasteiger partial charge in [-0.3, -0.25) is 9.89 Å². The lowest BCUT2D eigenvalue weighted by molar-refractivity contribution is -0.00834. The highest BCUT2D eigenvalue weighted by Gasteiger charge is 2.28. The average molecular weight is 476 g/mol. The van der Waals surface area contributed by atoms with E-state index in [4.69, 9.17) is 9.47 Å².